The Balaban J connectivity index is 1.61. The molecule has 3 aromatic rings. The van der Waals surface area contributed by atoms with E-state index in [-0.39, 0.29) is 17.1 Å². The van der Waals surface area contributed by atoms with Gasteiger partial charge < -0.3 is 14.6 Å². The number of nitrogens with one attached hydrogen (secondary N) is 1. The van der Waals surface area contributed by atoms with Crippen molar-refractivity contribution < 1.29 is 14.0 Å². The van der Waals surface area contributed by atoms with Crippen LogP contribution in [-0.4, -0.2) is 22.0 Å². The van der Waals surface area contributed by atoms with Crippen molar-refractivity contribution in [3.05, 3.63) is 83.8 Å². The second-order valence-electron chi connectivity index (χ2n) is 6.69. The number of carbonyl (C=O) groups is 2. The molecule has 1 aliphatic heterocycles. The van der Waals surface area contributed by atoms with E-state index < -0.39 is 0 Å². The zero-order valence-corrected chi connectivity index (χ0v) is 16.2. The van der Waals surface area contributed by atoms with E-state index in [1.165, 1.54) is 11.8 Å². The van der Waals surface area contributed by atoms with E-state index in [2.05, 4.69) is 5.32 Å². The summed E-state index contributed by atoms with van der Waals surface area (Å²) in [7, 11) is 0. The monoisotopic (exact) mass is 392 g/mol. The normalized spacial score (nSPS) is 15.6. The van der Waals surface area contributed by atoms with Crippen LogP contribution >= 0.6 is 11.8 Å². The first-order chi connectivity index (χ1) is 13.6. The Morgan fingerprint density at radius 1 is 1.11 bits per heavy atom. The van der Waals surface area contributed by atoms with Gasteiger partial charge in [-0.2, -0.15) is 0 Å². The molecule has 4 rings (SSSR count). The summed E-state index contributed by atoms with van der Waals surface area (Å²) in [5.74, 6) is 0.569. The van der Waals surface area contributed by atoms with Crippen LogP contribution in [0.15, 0.2) is 76.2 Å². The maximum Gasteiger partial charge on any atom is 0.254 e. The molecule has 28 heavy (non-hydrogen) atoms. The molecule has 0 bridgehead atoms. The van der Waals surface area contributed by atoms with Crippen LogP contribution in [0.4, 0.5) is 5.69 Å². The van der Waals surface area contributed by atoms with Gasteiger partial charge >= 0.3 is 0 Å². The molecule has 0 fully saturated rings. The van der Waals surface area contributed by atoms with Gasteiger partial charge in [0.05, 0.1) is 23.7 Å². The number of nitrogens with zero attached hydrogens (tertiary/aromatic N) is 1. The van der Waals surface area contributed by atoms with Crippen LogP contribution < -0.4 is 5.32 Å². The van der Waals surface area contributed by atoms with Crippen molar-refractivity contribution in [2.75, 3.05) is 5.32 Å². The molecule has 1 atom stereocenters. The predicted octanol–water partition coefficient (Wildman–Crippen LogP) is 4.55. The molecule has 1 aromatic heterocycles. The molecule has 2 amide bonds. The van der Waals surface area contributed by atoms with Crippen molar-refractivity contribution in [2.45, 2.75) is 30.2 Å². The molecular weight excluding hydrogens is 372 g/mol. The molecule has 1 aliphatic rings. The van der Waals surface area contributed by atoms with Gasteiger partial charge in [-0.25, -0.2) is 0 Å². The van der Waals surface area contributed by atoms with E-state index in [0.29, 0.717) is 24.3 Å². The lowest BCUT2D eigenvalue weighted by Gasteiger charge is -2.24. The van der Waals surface area contributed by atoms with Crippen LogP contribution in [0, 0.1) is 0 Å². The number of amides is 2. The summed E-state index contributed by atoms with van der Waals surface area (Å²) >= 11 is 1.50. The second kappa shape index (κ2) is 7.94. The molecule has 142 valence electrons. The number of thioether (sulfide) groups is 1. The minimum atomic E-state index is -0.136. The lowest BCUT2D eigenvalue weighted by molar-refractivity contribution is -0.115. The van der Waals surface area contributed by atoms with E-state index in [4.69, 9.17) is 4.42 Å². The van der Waals surface area contributed by atoms with Gasteiger partial charge in [-0.15, -0.1) is 11.8 Å². The number of carbonyl (C=O) groups excluding carboxylic acids is 2. The molecule has 2 heterocycles. The molecule has 0 spiro atoms. The molecular formula is C22H20N2O3S. The van der Waals surface area contributed by atoms with Gasteiger partial charge in [0.1, 0.15) is 5.76 Å². The number of furan rings is 1. The van der Waals surface area contributed by atoms with Crippen LogP contribution in [0.3, 0.4) is 0 Å². The quantitative estimate of drug-likeness (QED) is 0.692. The molecule has 2 aromatic carbocycles. The largest absolute Gasteiger partial charge is 0.467 e. The predicted molar refractivity (Wildman–Crippen MR) is 109 cm³/mol. The van der Waals surface area contributed by atoms with Crippen molar-refractivity contribution in [2.24, 2.45) is 0 Å². The minimum absolute atomic E-state index is 0.0428. The van der Waals surface area contributed by atoms with Gasteiger partial charge in [-0.05, 0) is 42.8 Å². The fraction of sp³-hybridized carbons (Fsp3) is 0.182. The molecule has 0 radical (unpaired) electrons. The highest BCUT2D eigenvalue weighted by Crippen LogP contribution is 2.36. The SMILES string of the molecule is CC1Sc2ccc(C(=O)N(Cc3ccccc3)Cc3ccco3)cc2NC1=O. The van der Waals surface area contributed by atoms with Crippen LogP contribution in [0.2, 0.25) is 0 Å². The van der Waals surface area contributed by atoms with Crippen molar-refractivity contribution in [1.82, 2.24) is 4.90 Å². The summed E-state index contributed by atoms with van der Waals surface area (Å²) in [5, 5.41) is 2.75. The topological polar surface area (TPSA) is 62.6 Å². The molecule has 1 N–H and O–H groups in total. The summed E-state index contributed by atoms with van der Waals surface area (Å²) in [6.07, 6.45) is 1.60. The lowest BCUT2D eigenvalue weighted by atomic mass is 10.1. The Labute approximate surface area is 167 Å². The lowest BCUT2D eigenvalue weighted by Crippen LogP contribution is -2.31. The first kappa shape index (κ1) is 18.4. The molecule has 5 nitrogen and oxygen atoms in total. The number of hydrogen-bond donors (Lipinski definition) is 1. The van der Waals surface area contributed by atoms with Crippen molar-refractivity contribution in [3.8, 4) is 0 Å². The maximum absolute atomic E-state index is 13.3. The molecule has 0 aliphatic carbocycles. The van der Waals surface area contributed by atoms with Gasteiger partial charge in [0, 0.05) is 17.0 Å². The van der Waals surface area contributed by atoms with Crippen molar-refractivity contribution in [1.29, 1.82) is 0 Å². The summed E-state index contributed by atoms with van der Waals surface area (Å²) in [5.41, 5.74) is 2.27. The summed E-state index contributed by atoms with van der Waals surface area (Å²) < 4.78 is 5.45. The highest BCUT2D eigenvalue weighted by molar-refractivity contribution is 8.00. The smallest absolute Gasteiger partial charge is 0.254 e. The standard InChI is InChI=1S/C22H20N2O3S/c1-15-21(25)23-19-12-17(9-10-20(19)28-15)22(26)24(14-18-8-5-11-27-18)13-16-6-3-2-4-7-16/h2-12,15H,13-14H2,1H3,(H,23,25). The molecule has 0 saturated heterocycles. The number of anilines is 1. The van der Waals surface area contributed by atoms with Gasteiger partial charge in [0.2, 0.25) is 5.91 Å². The number of hydrogen-bond acceptors (Lipinski definition) is 4. The number of rotatable bonds is 5. The van der Waals surface area contributed by atoms with Crippen LogP contribution in [0.5, 0.6) is 0 Å². The van der Waals surface area contributed by atoms with E-state index in [9.17, 15) is 9.59 Å². The minimum Gasteiger partial charge on any atom is -0.467 e. The highest BCUT2D eigenvalue weighted by atomic mass is 32.2. The van der Waals surface area contributed by atoms with Crippen LogP contribution in [0.25, 0.3) is 0 Å². The fourth-order valence-electron chi connectivity index (χ4n) is 3.12. The Morgan fingerprint density at radius 2 is 1.93 bits per heavy atom. The third-order valence-electron chi connectivity index (χ3n) is 4.59. The van der Waals surface area contributed by atoms with Gasteiger partial charge in [-0.1, -0.05) is 30.3 Å². The molecule has 1 unspecified atom stereocenters. The average molecular weight is 392 g/mol. The van der Waals surface area contributed by atoms with E-state index >= 15 is 0 Å². The van der Waals surface area contributed by atoms with Crippen LogP contribution in [-0.2, 0) is 17.9 Å². The van der Waals surface area contributed by atoms with Crippen molar-refractivity contribution >= 4 is 29.3 Å². The van der Waals surface area contributed by atoms with Gasteiger partial charge in [-0.3, -0.25) is 9.59 Å². The second-order valence-corrected chi connectivity index (χ2v) is 8.07. The Morgan fingerprint density at radius 3 is 2.68 bits per heavy atom. The third-order valence-corrected chi connectivity index (χ3v) is 5.77. The number of fused-ring (bicyclic) bond motifs is 1. The zero-order valence-electron chi connectivity index (χ0n) is 15.4. The Kier molecular flexibility index (Phi) is 5.21. The first-order valence-electron chi connectivity index (χ1n) is 9.07. The van der Waals surface area contributed by atoms with E-state index in [1.807, 2.05) is 61.5 Å². The first-order valence-corrected chi connectivity index (χ1v) is 9.95. The van der Waals surface area contributed by atoms with Crippen molar-refractivity contribution in [3.63, 3.8) is 0 Å². The highest BCUT2D eigenvalue weighted by Gasteiger charge is 2.25. The van der Waals surface area contributed by atoms with E-state index in [1.54, 1.807) is 17.2 Å². The van der Waals surface area contributed by atoms with E-state index in [0.717, 1.165) is 16.2 Å². The average Bonchev–Trinajstić information content (AvgIpc) is 3.21. The third kappa shape index (κ3) is 3.97. The Hall–Kier alpha value is -2.99. The maximum atomic E-state index is 13.3. The fourth-order valence-corrected chi connectivity index (χ4v) is 4.05. The zero-order chi connectivity index (χ0) is 19.5. The van der Waals surface area contributed by atoms with Crippen LogP contribution in [0.1, 0.15) is 28.6 Å². The number of benzene rings is 2. The molecule has 6 heteroatoms. The summed E-state index contributed by atoms with van der Waals surface area (Å²) in [6.45, 7) is 2.71. The molecule has 0 saturated carbocycles. The summed E-state index contributed by atoms with van der Waals surface area (Å²) in [6, 6.07) is 19.0. The van der Waals surface area contributed by atoms with Gasteiger partial charge in [0.15, 0.2) is 0 Å². The van der Waals surface area contributed by atoms with Gasteiger partial charge in [0.25, 0.3) is 5.91 Å². The Bertz CT molecular complexity index is 986. The summed E-state index contributed by atoms with van der Waals surface area (Å²) in [4.78, 5) is 28.0.